The Morgan fingerprint density at radius 2 is 2.35 bits per heavy atom. The molecule has 0 saturated carbocycles. The van der Waals surface area contributed by atoms with Gasteiger partial charge in [0.15, 0.2) is 17.3 Å². The van der Waals surface area contributed by atoms with Crippen molar-refractivity contribution in [2.45, 2.75) is 6.92 Å². The summed E-state index contributed by atoms with van der Waals surface area (Å²) in [4.78, 5) is 6.64. The monoisotopic (exact) mass is 231 g/mol. The number of halogens is 1. The van der Waals surface area contributed by atoms with Crippen LogP contribution < -0.4 is 4.74 Å². The van der Waals surface area contributed by atoms with Gasteiger partial charge in [-0.15, -0.1) is 0 Å². The average molecular weight is 231 g/mol. The second-order valence-corrected chi connectivity index (χ2v) is 3.32. The van der Waals surface area contributed by atoms with E-state index in [0.717, 1.165) is 0 Å². The van der Waals surface area contributed by atoms with Gasteiger partial charge in [-0.3, -0.25) is 0 Å². The summed E-state index contributed by atoms with van der Waals surface area (Å²) in [7, 11) is 0. The van der Waals surface area contributed by atoms with Crippen LogP contribution in [0.2, 0.25) is 0 Å². The highest BCUT2D eigenvalue weighted by Gasteiger charge is 2.10. The Labute approximate surface area is 97.7 Å². The molecule has 0 radical (unpaired) electrons. The summed E-state index contributed by atoms with van der Waals surface area (Å²) in [5, 5.41) is 8.83. The van der Waals surface area contributed by atoms with Crippen molar-refractivity contribution in [1.82, 2.24) is 9.97 Å². The largest absolute Gasteiger partial charge is 0.491 e. The predicted octanol–water partition coefficient (Wildman–Crippen LogP) is 2.49. The molecule has 1 N–H and O–H groups in total. The van der Waals surface area contributed by atoms with Crippen molar-refractivity contribution in [3.05, 3.63) is 36.0 Å². The fraction of sp³-hybridized carbons (Fsp3) is 0.167. The van der Waals surface area contributed by atoms with Crippen LogP contribution in [0.15, 0.2) is 24.5 Å². The fourth-order valence-electron chi connectivity index (χ4n) is 1.53. The molecule has 0 unspecified atom stereocenters. The molecule has 0 bridgehead atoms. The minimum absolute atomic E-state index is 0.203. The van der Waals surface area contributed by atoms with Gasteiger partial charge in [-0.05, 0) is 25.1 Å². The molecule has 4 nitrogen and oxygen atoms in total. The number of H-pyrrole nitrogens is 1. The maximum atomic E-state index is 13.6. The van der Waals surface area contributed by atoms with Gasteiger partial charge in [0.1, 0.15) is 6.07 Å². The van der Waals surface area contributed by atoms with Gasteiger partial charge in [0.2, 0.25) is 0 Å². The molecule has 0 saturated heterocycles. The van der Waals surface area contributed by atoms with E-state index in [-0.39, 0.29) is 11.4 Å². The van der Waals surface area contributed by atoms with Crippen LogP contribution in [-0.4, -0.2) is 16.6 Å². The number of aromatic nitrogens is 2. The first-order valence-electron chi connectivity index (χ1n) is 5.12. The van der Waals surface area contributed by atoms with Crippen molar-refractivity contribution in [2.75, 3.05) is 6.61 Å². The fourth-order valence-corrected chi connectivity index (χ4v) is 1.53. The average Bonchev–Trinajstić information content (AvgIpc) is 2.80. The van der Waals surface area contributed by atoms with Gasteiger partial charge >= 0.3 is 0 Å². The van der Waals surface area contributed by atoms with Crippen molar-refractivity contribution in [1.29, 1.82) is 5.26 Å². The molecule has 5 heteroatoms. The van der Waals surface area contributed by atoms with Crippen molar-refractivity contribution in [2.24, 2.45) is 0 Å². The molecule has 0 aliphatic carbocycles. The Hall–Kier alpha value is -2.35. The lowest BCUT2D eigenvalue weighted by atomic mass is 10.1. The molecule has 86 valence electrons. The minimum Gasteiger partial charge on any atom is -0.491 e. The number of rotatable bonds is 3. The van der Waals surface area contributed by atoms with Gasteiger partial charge in [-0.1, -0.05) is 0 Å². The van der Waals surface area contributed by atoms with Crippen LogP contribution in [0.3, 0.4) is 0 Å². The summed E-state index contributed by atoms with van der Waals surface area (Å²) in [5.74, 6) is -0.253. The molecule has 0 amide bonds. The zero-order valence-corrected chi connectivity index (χ0v) is 9.20. The number of nitrogens with one attached hydrogen (secondary N) is 1. The zero-order valence-electron chi connectivity index (χ0n) is 9.20. The Morgan fingerprint density at radius 3 is 3.00 bits per heavy atom. The van der Waals surface area contributed by atoms with Crippen LogP contribution in [0.4, 0.5) is 4.39 Å². The highest BCUT2D eigenvalue weighted by molar-refractivity contribution is 5.65. The van der Waals surface area contributed by atoms with E-state index in [2.05, 4.69) is 9.97 Å². The molecule has 17 heavy (non-hydrogen) atoms. The Balaban J connectivity index is 2.42. The summed E-state index contributed by atoms with van der Waals surface area (Å²) in [6.45, 7) is 2.19. The number of benzene rings is 1. The predicted molar refractivity (Wildman–Crippen MR) is 59.9 cm³/mol. The summed E-state index contributed by atoms with van der Waals surface area (Å²) >= 11 is 0. The normalized spacial score (nSPS) is 9.94. The molecule has 2 rings (SSSR count). The number of nitriles is 1. The third-order valence-corrected chi connectivity index (χ3v) is 2.27. The lowest BCUT2D eigenvalue weighted by Gasteiger charge is -2.05. The maximum Gasteiger partial charge on any atom is 0.166 e. The Kier molecular flexibility index (Phi) is 3.06. The summed E-state index contributed by atoms with van der Waals surface area (Å²) in [6, 6.07) is 6.48. The van der Waals surface area contributed by atoms with Gasteiger partial charge in [-0.25, -0.2) is 9.37 Å². The Morgan fingerprint density at radius 1 is 1.53 bits per heavy atom. The number of ether oxygens (including phenoxy) is 1. The highest BCUT2D eigenvalue weighted by Crippen LogP contribution is 2.25. The van der Waals surface area contributed by atoms with Crippen molar-refractivity contribution < 1.29 is 9.13 Å². The van der Waals surface area contributed by atoms with E-state index in [1.807, 2.05) is 6.07 Å². The molecular formula is C12H10FN3O. The standard InChI is InChI=1S/C12H10FN3O/c1-2-17-11-4-3-8(5-9(11)13)12-10(6-14)15-7-16-12/h3-5,7H,2H2,1H3,(H,15,16). The molecule has 0 spiro atoms. The number of imidazole rings is 1. The van der Waals surface area contributed by atoms with Gasteiger partial charge in [0, 0.05) is 5.56 Å². The van der Waals surface area contributed by atoms with Crippen molar-refractivity contribution in [3.63, 3.8) is 0 Å². The number of aromatic amines is 1. The zero-order chi connectivity index (χ0) is 12.3. The van der Waals surface area contributed by atoms with Gasteiger partial charge in [-0.2, -0.15) is 5.26 Å². The smallest absolute Gasteiger partial charge is 0.166 e. The van der Waals surface area contributed by atoms with Gasteiger partial charge < -0.3 is 9.72 Å². The Bertz CT molecular complexity index is 571. The first-order valence-corrected chi connectivity index (χ1v) is 5.12. The number of nitrogens with zero attached hydrogens (tertiary/aromatic N) is 2. The van der Waals surface area contributed by atoms with Crippen LogP contribution >= 0.6 is 0 Å². The molecule has 2 aromatic rings. The number of hydrogen-bond donors (Lipinski definition) is 1. The van der Waals surface area contributed by atoms with E-state index in [0.29, 0.717) is 17.9 Å². The molecule has 1 heterocycles. The van der Waals surface area contributed by atoms with Crippen LogP contribution in [0.25, 0.3) is 11.3 Å². The molecule has 0 fully saturated rings. The molecule has 0 atom stereocenters. The molecular weight excluding hydrogens is 221 g/mol. The van der Waals surface area contributed by atoms with E-state index in [1.165, 1.54) is 18.5 Å². The summed E-state index contributed by atoms with van der Waals surface area (Å²) < 4.78 is 18.7. The minimum atomic E-state index is -0.456. The van der Waals surface area contributed by atoms with Crippen LogP contribution in [-0.2, 0) is 0 Å². The number of hydrogen-bond acceptors (Lipinski definition) is 3. The van der Waals surface area contributed by atoms with E-state index in [1.54, 1.807) is 13.0 Å². The quantitative estimate of drug-likeness (QED) is 0.882. The van der Waals surface area contributed by atoms with Crippen molar-refractivity contribution in [3.8, 4) is 23.1 Å². The SMILES string of the molecule is CCOc1ccc(-c2[nH]cnc2C#N)cc1F. The lowest BCUT2D eigenvalue weighted by molar-refractivity contribution is 0.321. The highest BCUT2D eigenvalue weighted by atomic mass is 19.1. The second kappa shape index (κ2) is 4.66. The first-order chi connectivity index (χ1) is 8.26. The van der Waals surface area contributed by atoms with Gasteiger partial charge in [0.05, 0.1) is 18.6 Å². The third-order valence-electron chi connectivity index (χ3n) is 2.27. The van der Waals surface area contributed by atoms with E-state index in [4.69, 9.17) is 10.00 Å². The molecule has 0 aliphatic rings. The van der Waals surface area contributed by atoms with Gasteiger partial charge in [0.25, 0.3) is 0 Å². The van der Waals surface area contributed by atoms with E-state index >= 15 is 0 Å². The third kappa shape index (κ3) is 2.11. The molecule has 1 aromatic carbocycles. The lowest BCUT2D eigenvalue weighted by Crippen LogP contribution is -1.95. The van der Waals surface area contributed by atoms with Crippen LogP contribution in [0, 0.1) is 17.1 Å². The summed E-state index contributed by atoms with van der Waals surface area (Å²) in [6.07, 6.45) is 1.41. The molecule has 1 aromatic heterocycles. The summed E-state index contributed by atoms with van der Waals surface area (Å²) in [5.41, 5.74) is 1.32. The van der Waals surface area contributed by atoms with Crippen molar-refractivity contribution >= 4 is 0 Å². The van der Waals surface area contributed by atoms with Crippen LogP contribution in [0.5, 0.6) is 5.75 Å². The van der Waals surface area contributed by atoms with E-state index in [9.17, 15) is 4.39 Å². The van der Waals surface area contributed by atoms with Crippen LogP contribution in [0.1, 0.15) is 12.6 Å². The maximum absolute atomic E-state index is 13.6. The topological polar surface area (TPSA) is 61.7 Å². The molecule has 0 aliphatic heterocycles. The van der Waals surface area contributed by atoms with E-state index < -0.39 is 5.82 Å². The first kappa shape index (κ1) is 11.1. The second-order valence-electron chi connectivity index (χ2n) is 3.32.